The molecule has 0 saturated heterocycles. The molecule has 2 fully saturated rings. The van der Waals surface area contributed by atoms with Crippen molar-refractivity contribution in [1.29, 1.82) is 0 Å². The SMILES string of the molecule is CC/C=C\C(CCC)C(C)C[C@H]1CC2C(C)C2([C@@H](N)CC)C1. The molecule has 1 nitrogen and oxygen atoms in total. The van der Waals surface area contributed by atoms with Gasteiger partial charge in [0.1, 0.15) is 0 Å². The number of rotatable bonds is 9. The standard InChI is InChI=1S/C21H39N/c1-6-9-11-18(10-7-2)15(4)12-17-13-19-16(5)21(19,14-17)20(22)8-3/h9,11,15-20H,6-8,10,12-14,22H2,1-5H3/b11-9-/t15?,16?,17-,18?,19?,20-,21?/m0/s1. The van der Waals surface area contributed by atoms with Gasteiger partial charge in [0.25, 0.3) is 0 Å². The van der Waals surface area contributed by atoms with E-state index in [1.165, 1.54) is 38.5 Å². The Kier molecular flexibility index (Phi) is 6.16. The number of nitrogens with two attached hydrogens (primary N) is 1. The molecule has 1 heteroatoms. The van der Waals surface area contributed by atoms with Gasteiger partial charge in [-0.2, -0.15) is 0 Å². The molecule has 0 aliphatic heterocycles. The van der Waals surface area contributed by atoms with E-state index in [0.717, 1.165) is 36.0 Å². The Balaban J connectivity index is 1.91. The van der Waals surface area contributed by atoms with Crippen molar-refractivity contribution in [1.82, 2.24) is 0 Å². The van der Waals surface area contributed by atoms with Gasteiger partial charge in [-0.15, -0.1) is 0 Å². The summed E-state index contributed by atoms with van der Waals surface area (Å²) in [5.41, 5.74) is 7.03. The van der Waals surface area contributed by atoms with E-state index in [2.05, 4.69) is 46.8 Å². The Bertz CT molecular complexity index is 374. The molecule has 2 aliphatic rings. The highest BCUT2D eigenvalue weighted by molar-refractivity contribution is 5.18. The van der Waals surface area contributed by atoms with Crippen LogP contribution in [0.4, 0.5) is 0 Å². The minimum absolute atomic E-state index is 0.444. The van der Waals surface area contributed by atoms with Crippen LogP contribution in [0.5, 0.6) is 0 Å². The minimum atomic E-state index is 0.444. The summed E-state index contributed by atoms with van der Waals surface area (Å²) in [6.07, 6.45) is 14.1. The fourth-order valence-corrected chi connectivity index (χ4v) is 5.70. The van der Waals surface area contributed by atoms with E-state index in [4.69, 9.17) is 5.73 Å². The summed E-state index contributed by atoms with van der Waals surface area (Å²) in [6.45, 7) is 11.8. The molecule has 22 heavy (non-hydrogen) atoms. The van der Waals surface area contributed by atoms with E-state index < -0.39 is 0 Å². The number of allylic oxidation sites excluding steroid dienone is 2. The lowest BCUT2D eigenvalue weighted by atomic mass is 9.79. The van der Waals surface area contributed by atoms with Crippen LogP contribution in [0, 0.1) is 35.0 Å². The lowest BCUT2D eigenvalue weighted by Gasteiger charge is -2.28. The van der Waals surface area contributed by atoms with Gasteiger partial charge in [-0.1, -0.05) is 53.2 Å². The minimum Gasteiger partial charge on any atom is -0.327 e. The highest BCUT2D eigenvalue weighted by Crippen LogP contribution is 2.72. The van der Waals surface area contributed by atoms with Gasteiger partial charge in [-0.05, 0) is 73.5 Å². The molecule has 2 N–H and O–H groups in total. The maximum absolute atomic E-state index is 6.50. The summed E-state index contributed by atoms with van der Waals surface area (Å²) in [4.78, 5) is 0. The van der Waals surface area contributed by atoms with Crippen LogP contribution in [0.25, 0.3) is 0 Å². The predicted molar refractivity (Wildman–Crippen MR) is 97.7 cm³/mol. The molecular formula is C21H39N. The summed E-state index contributed by atoms with van der Waals surface area (Å²) in [5.74, 6) is 4.38. The molecule has 0 aromatic heterocycles. The van der Waals surface area contributed by atoms with Crippen LogP contribution in [-0.4, -0.2) is 6.04 Å². The van der Waals surface area contributed by atoms with Gasteiger partial charge in [0.15, 0.2) is 0 Å². The van der Waals surface area contributed by atoms with Gasteiger partial charge in [0.05, 0.1) is 0 Å². The fraction of sp³-hybridized carbons (Fsp3) is 0.905. The second kappa shape index (κ2) is 7.51. The molecule has 2 aliphatic carbocycles. The molecule has 0 amide bonds. The Morgan fingerprint density at radius 1 is 1.27 bits per heavy atom. The van der Waals surface area contributed by atoms with Crippen LogP contribution in [0.1, 0.15) is 79.6 Å². The van der Waals surface area contributed by atoms with E-state index in [1.807, 2.05) is 0 Å². The van der Waals surface area contributed by atoms with Crippen LogP contribution >= 0.6 is 0 Å². The Morgan fingerprint density at radius 2 is 2.00 bits per heavy atom. The van der Waals surface area contributed by atoms with E-state index >= 15 is 0 Å². The van der Waals surface area contributed by atoms with E-state index in [1.54, 1.807) is 0 Å². The largest absolute Gasteiger partial charge is 0.327 e. The zero-order chi connectivity index (χ0) is 16.3. The van der Waals surface area contributed by atoms with Crippen molar-refractivity contribution in [2.24, 2.45) is 40.7 Å². The molecule has 0 bridgehead atoms. The molecule has 7 atom stereocenters. The monoisotopic (exact) mass is 305 g/mol. The van der Waals surface area contributed by atoms with Gasteiger partial charge in [0.2, 0.25) is 0 Å². The van der Waals surface area contributed by atoms with Gasteiger partial charge in [-0.3, -0.25) is 0 Å². The second-order valence-corrected chi connectivity index (χ2v) is 8.33. The summed E-state index contributed by atoms with van der Waals surface area (Å²) in [5, 5.41) is 0. The maximum atomic E-state index is 6.50. The zero-order valence-corrected chi connectivity index (χ0v) is 15.6. The van der Waals surface area contributed by atoms with E-state index in [9.17, 15) is 0 Å². The van der Waals surface area contributed by atoms with Crippen LogP contribution in [0.3, 0.4) is 0 Å². The predicted octanol–water partition coefficient (Wildman–Crippen LogP) is 5.79. The van der Waals surface area contributed by atoms with Crippen molar-refractivity contribution >= 4 is 0 Å². The van der Waals surface area contributed by atoms with Gasteiger partial charge < -0.3 is 5.73 Å². The van der Waals surface area contributed by atoms with Crippen molar-refractivity contribution in [3.8, 4) is 0 Å². The first-order valence-electron chi connectivity index (χ1n) is 9.93. The lowest BCUT2D eigenvalue weighted by Crippen LogP contribution is -2.33. The van der Waals surface area contributed by atoms with Crippen molar-refractivity contribution in [3.63, 3.8) is 0 Å². The fourth-order valence-electron chi connectivity index (χ4n) is 5.70. The molecule has 2 rings (SSSR count). The normalized spacial score (nSPS) is 38.0. The molecule has 0 aromatic rings. The average Bonchev–Trinajstić information content (AvgIpc) is 2.88. The highest BCUT2D eigenvalue weighted by atomic mass is 14.8. The van der Waals surface area contributed by atoms with Crippen molar-refractivity contribution in [3.05, 3.63) is 12.2 Å². The van der Waals surface area contributed by atoms with Crippen molar-refractivity contribution < 1.29 is 0 Å². The third kappa shape index (κ3) is 3.30. The van der Waals surface area contributed by atoms with Crippen LogP contribution in [0.2, 0.25) is 0 Å². The third-order valence-electron chi connectivity index (χ3n) is 7.07. The molecule has 0 aromatic carbocycles. The first-order valence-corrected chi connectivity index (χ1v) is 9.93. The summed E-state index contributed by atoms with van der Waals surface area (Å²) in [7, 11) is 0. The quantitative estimate of drug-likeness (QED) is 0.536. The lowest BCUT2D eigenvalue weighted by molar-refractivity contribution is 0.257. The summed E-state index contributed by atoms with van der Waals surface area (Å²) in [6, 6.07) is 0.444. The molecular weight excluding hydrogens is 266 g/mol. The number of fused-ring (bicyclic) bond motifs is 1. The molecule has 128 valence electrons. The Labute approximate surface area is 139 Å². The third-order valence-corrected chi connectivity index (χ3v) is 7.07. The van der Waals surface area contributed by atoms with Gasteiger partial charge in [0, 0.05) is 6.04 Å². The second-order valence-electron chi connectivity index (χ2n) is 8.33. The molecule has 0 spiro atoms. The van der Waals surface area contributed by atoms with Crippen LogP contribution in [-0.2, 0) is 0 Å². The van der Waals surface area contributed by atoms with E-state index in [0.29, 0.717) is 11.5 Å². The summed E-state index contributed by atoms with van der Waals surface area (Å²) >= 11 is 0. The Hall–Kier alpha value is -0.300. The maximum Gasteiger partial charge on any atom is 0.00984 e. The topological polar surface area (TPSA) is 26.0 Å². The van der Waals surface area contributed by atoms with Crippen LogP contribution < -0.4 is 5.73 Å². The van der Waals surface area contributed by atoms with E-state index in [-0.39, 0.29) is 0 Å². The molecule has 0 heterocycles. The molecule has 5 unspecified atom stereocenters. The first kappa shape index (κ1) is 18.0. The molecule has 0 radical (unpaired) electrons. The Morgan fingerprint density at radius 3 is 2.59 bits per heavy atom. The average molecular weight is 306 g/mol. The first-order chi connectivity index (χ1) is 10.5. The van der Waals surface area contributed by atoms with Crippen molar-refractivity contribution in [2.75, 3.05) is 0 Å². The van der Waals surface area contributed by atoms with Gasteiger partial charge >= 0.3 is 0 Å². The number of hydrogen-bond donors (Lipinski definition) is 1. The van der Waals surface area contributed by atoms with Crippen molar-refractivity contribution in [2.45, 2.75) is 85.6 Å². The van der Waals surface area contributed by atoms with Gasteiger partial charge in [-0.25, -0.2) is 0 Å². The zero-order valence-electron chi connectivity index (χ0n) is 15.6. The van der Waals surface area contributed by atoms with Crippen LogP contribution in [0.15, 0.2) is 12.2 Å². The highest BCUT2D eigenvalue weighted by Gasteiger charge is 2.68. The smallest absolute Gasteiger partial charge is 0.00984 e. The summed E-state index contributed by atoms with van der Waals surface area (Å²) < 4.78 is 0. The number of hydrogen-bond acceptors (Lipinski definition) is 1. The molecule has 2 saturated carbocycles.